The third kappa shape index (κ3) is 6.53. The summed E-state index contributed by atoms with van der Waals surface area (Å²) in [5.74, 6) is -0.505. The molecule has 0 aliphatic heterocycles. The summed E-state index contributed by atoms with van der Waals surface area (Å²) in [6.45, 7) is 3.73. The van der Waals surface area contributed by atoms with Crippen LogP contribution in [0.1, 0.15) is 29.3 Å². The maximum atomic E-state index is 12.3. The number of amides is 2. The molecule has 0 aliphatic carbocycles. The highest BCUT2D eigenvalue weighted by atomic mass is 16.5. The minimum absolute atomic E-state index is 0.218. The smallest absolute Gasteiger partial charge is 0.253 e. The van der Waals surface area contributed by atoms with Crippen molar-refractivity contribution in [1.29, 1.82) is 0 Å². The molecule has 2 N–H and O–H groups in total. The summed E-state index contributed by atoms with van der Waals surface area (Å²) in [5.41, 5.74) is 1.85. The number of carbonyl (C=O) groups excluding carboxylic acids is 2. The predicted octanol–water partition coefficient (Wildman–Crippen LogP) is 3.49. The Bertz CT molecular complexity index is 742. The normalized spacial score (nSPS) is 10.7. The fraction of sp³-hybridized carbons (Fsp3) is 0.238. The van der Waals surface area contributed by atoms with Crippen LogP contribution in [-0.2, 0) is 9.53 Å². The summed E-state index contributed by atoms with van der Waals surface area (Å²) < 4.78 is 5.24. The van der Waals surface area contributed by atoms with Crippen LogP contribution in [0.15, 0.2) is 60.7 Å². The Balaban J connectivity index is 1.94. The fourth-order valence-corrected chi connectivity index (χ4v) is 2.32. The van der Waals surface area contributed by atoms with Gasteiger partial charge in [-0.25, -0.2) is 0 Å². The van der Waals surface area contributed by atoms with Crippen molar-refractivity contribution >= 4 is 23.6 Å². The number of ether oxygens (including phenoxy) is 1. The average molecular weight is 352 g/mol. The summed E-state index contributed by atoms with van der Waals surface area (Å²) in [7, 11) is 0. The van der Waals surface area contributed by atoms with E-state index in [9.17, 15) is 9.59 Å². The number of rotatable bonds is 9. The van der Waals surface area contributed by atoms with Gasteiger partial charge in [0.2, 0.25) is 5.91 Å². The van der Waals surface area contributed by atoms with E-state index in [1.807, 2.05) is 37.3 Å². The first-order valence-corrected chi connectivity index (χ1v) is 8.69. The van der Waals surface area contributed by atoms with Crippen LogP contribution in [0.5, 0.6) is 0 Å². The highest BCUT2D eigenvalue weighted by molar-refractivity contribution is 6.07. The number of anilines is 1. The minimum Gasteiger partial charge on any atom is -0.382 e. The van der Waals surface area contributed by atoms with E-state index in [1.54, 1.807) is 30.3 Å². The molecule has 136 valence electrons. The van der Waals surface area contributed by atoms with Crippen molar-refractivity contribution in [2.24, 2.45) is 0 Å². The van der Waals surface area contributed by atoms with E-state index in [0.29, 0.717) is 31.0 Å². The maximum Gasteiger partial charge on any atom is 0.253 e. The second-order valence-corrected chi connectivity index (χ2v) is 5.59. The van der Waals surface area contributed by atoms with Crippen molar-refractivity contribution in [2.45, 2.75) is 13.3 Å². The van der Waals surface area contributed by atoms with Gasteiger partial charge < -0.3 is 15.4 Å². The number of para-hydroxylation sites is 1. The van der Waals surface area contributed by atoms with Crippen molar-refractivity contribution in [3.63, 3.8) is 0 Å². The molecule has 26 heavy (non-hydrogen) atoms. The zero-order chi connectivity index (χ0) is 18.6. The lowest BCUT2D eigenvalue weighted by Gasteiger charge is -2.10. The van der Waals surface area contributed by atoms with E-state index in [0.717, 1.165) is 12.0 Å². The molecule has 0 radical (unpaired) electrons. The first kappa shape index (κ1) is 19.4. The van der Waals surface area contributed by atoms with Crippen molar-refractivity contribution in [1.82, 2.24) is 5.32 Å². The molecular formula is C21H24N2O3. The molecule has 0 fully saturated rings. The molecule has 2 amide bonds. The van der Waals surface area contributed by atoms with Crippen LogP contribution in [0.25, 0.3) is 6.08 Å². The van der Waals surface area contributed by atoms with Crippen molar-refractivity contribution in [2.75, 3.05) is 25.1 Å². The topological polar surface area (TPSA) is 67.4 Å². The van der Waals surface area contributed by atoms with Gasteiger partial charge in [0.05, 0.1) is 11.3 Å². The van der Waals surface area contributed by atoms with Gasteiger partial charge in [0, 0.05) is 25.8 Å². The van der Waals surface area contributed by atoms with E-state index in [-0.39, 0.29) is 11.8 Å². The second kappa shape index (κ2) is 10.8. The number of hydrogen-bond donors (Lipinski definition) is 2. The standard InChI is InChI=1S/C21H24N2O3/c1-2-26-16-8-15-22-21(25)18-11-6-7-12-19(18)23-20(24)14-13-17-9-4-3-5-10-17/h3-7,9-14H,2,8,15-16H2,1H3,(H,22,25)(H,23,24)/b14-13+. The summed E-state index contributed by atoms with van der Waals surface area (Å²) in [5, 5.41) is 5.60. The molecule has 2 aromatic carbocycles. The van der Waals surface area contributed by atoms with Gasteiger partial charge in [0.25, 0.3) is 5.91 Å². The van der Waals surface area contributed by atoms with Crippen LogP contribution in [0.4, 0.5) is 5.69 Å². The number of nitrogens with one attached hydrogen (secondary N) is 2. The lowest BCUT2D eigenvalue weighted by atomic mass is 10.1. The molecule has 0 saturated carbocycles. The Morgan fingerprint density at radius 3 is 2.54 bits per heavy atom. The lowest BCUT2D eigenvalue weighted by Crippen LogP contribution is -2.26. The Morgan fingerprint density at radius 1 is 1.04 bits per heavy atom. The zero-order valence-electron chi connectivity index (χ0n) is 14.9. The Labute approximate surface area is 154 Å². The van der Waals surface area contributed by atoms with Gasteiger partial charge >= 0.3 is 0 Å². The molecule has 0 heterocycles. The van der Waals surface area contributed by atoms with E-state index in [4.69, 9.17) is 4.74 Å². The lowest BCUT2D eigenvalue weighted by molar-refractivity contribution is -0.111. The van der Waals surface area contributed by atoms with E-state index in [1.165, 1.54) is 6.08 Å². The van der Waals surface area contributed by atoms with Crippen molar-refractivity contribution < 1.29 is 14.3 Å². The van der Waals surface area contributed by atoms with E-state index in [2.05, 4.69) is 10.6 Å². The quantitative estimate of drug-likeness (QED) is 0.536. The van der Waals surface area contributed by atoms with Gasteiger partial charge in [-0.15, -0.1) is 0 Å². The van der Waals surface area contributed by atoms with Crippen molar-refractivity contribution in [3.8, 4) is 0 Å². The number of carbonyl (C=O) groups is 2. The summed E-state index contributed by atoms with van der Waals surface area (Å²) in [6, 6.07) is 16.5. The molecule has 5 heteroatoms. The molecule has 5 nitrogen and oxygen atoms in total. The molecular weight excluding hydrogens is 328 g/mol. The van der Waals surface area contributed by atoms with E-state index >= 15 is 0 Å². The molecule has 0 aromatic heterocycles. The first-order chi connectivity index (χ1) is 12.7. The maximum absolute atomic E-state index is 12.3. The molecule has 0 bridgehead atoms. The Morgan fingerprint density at radius 2 is 1.77 bits per heavy atom. The number of benzene rings is 2. The average Bonchev–Trinajstić information content (AvgIpc) is 2.67. The van der Waals surface area contributed by atoms with Gasteiger partial charge in [-0.2, -0.15) is 0 Å². The summed E-state index contributed by atoms with van der Waals surface area (Å²) >= 11 is 0. The van der Waals surface area contributed by atoms with Gasteiger partial charge in [0.1, 0.15) is 0 Å². The van der Waals surface area contributed by atoms with Crippen LogP contribution in [0.2, 0.25) is 0 Å². The largest absolute Gasteiger partial charge is 0.382 e. The highest BCUT2D eigenvalue weighted by Crippen LogP contribution is 2.15. The van der Waals surface area contributed by atoms with Crippen LogP contribution in [-0.4, -0.2) is 31.6 Å². The Hall–Kier alpha value is -2.92. The van der Waals surface area contributed by atoms with Gasteiger partial charge in [-0.3, -0.25) is 9.59 Å². The third-order valence-electron chi connectivity index (χ3n) is 3.61. The molecule has 0 unspecified atom stereocenters. The molecule has 2 aromatic rings. The fourth-order valence-electron chi connectivity index (χ4n) is 2.32. The third-order valence-corrected chi connectivity index (χ3v) is 3.61. The molecule has 0 aliphatic rings. The Kier molecular flexibility index (Phi) is 8.09. The zero-order valence-corrected chi connectivity index (χ0v) is 14.9. The monoisotopic (exact) mass is 352 g/mol. The van der Waals surface area contributed by atoms with Crippen molar-refractivity contribution in [3.05, 3.63) is 71.8 Å². The minimum atomic E-state index is -0.287. The molecule has 0 saturated heterocycles. The molecule has 0 atom stereocenters. The van der Waals surface area contributed by atoms with Crippen LogP contribution >= 0.6 is 0 Å². The number of hydrogen-bond acceptors (Lipinski definition) is 3. The molecule has 2 rings (SSSR count). The van der Waals surface area contributed by atoms with Crippen LogP contribution in [0, 0.1) is 0 Å². The second-order valence-electron chi connectivity index (χ2n) is 5.59. The van der Waals surface area contributed by atoms with E-state index < -0.39 is 0 Å². The van der Waals surface area contributed by atoms with Gasteiger partial charge in [0.15, 0.2) is 0 Å². The van der Waals surface area contributed by atoms with Gasteiger partial charge in [-0.1, -0.05) is 42.5 Å². The highest BCUT2D eigenvalue weighted by Gasteiger charge is 2.11. The summed E-state index contributed by atoms with van der Waals surface area (Å²) in [4.78, 5) is 24.5. The van der Waals surface area contributed by atoms with Gasteiger partial charge in [-0.05, 0) is 37.1 Å². The molecule has 0 spiro atoms. The summed E-state index contributed by atoms with van der Waals surface area (Å²) in [6.07, 6.45) is 3.92. The predicted molar refractivity (Wildman–Crippen MR) is 104 cm³/mol. The SMILES string of the molecule is CCOCCCNC(=O)c1ccccc1NC(=O)/C=C/c1ccccc1. The first-order valence-electron chi connectivity index (χ1n) is 8.69. The van der Waals surface area contributed by atoms with Crippen LogP contribution < -0.4 is 10.6 Å². The van der Waals surface area contributed by atoms with Crippen LogP contribution in [0.3, 0.4) is 0 Å².